The van der Waals surface area contributed by atoms with Gasteiger partial charge in [0, 0.05) is 11.8 Å². The molecule has 4 atom stereocenters. The third-order valence-electron chi connectivity index (χ3n) is 7.03. The molecule has 0 saturated carbocycles. The number of aliphatic carboxylic acids is 2. The Hall–Kier alpha value is -3.92. The molecule has 1 saturated heterocycles. The van der Waals surface area contributed by atoms with Gasteiger partial charge in [0.2, 0.25) is 5.60 Å². The number of rotatable bonds is 7. The molecule has 13 nitrogen and oxygen atoms in total. The Morgan fingerprint density at radius 1 is 1.13 bits per heavy atom. The fourth-order valence-corrected chi connectivity index (χ4v) is 5.14. The number of carbonyl (C=O) groups excluding carboxylic acids is 1. The zero-order chi connectivity index (χ0) is 28.8. The highest BCUT2D eigenvalue weighted by molar-refractivity contribution is 5.77. The summed E-state index contributed by atoms with van der Waals surface area (Å²) in [7, 11) is 0. The van der Waals surface area contributed by atoms with Crippen molar-refractivity contribution in [2.24, 2.45) is 22.7 Å². The second-order valence-electron chi connectivity index (χ2n) is 11.5. The van der Waals surface area contributed by atoms with Gasteiger partial charge in [0.15, 0.2) is 5.82 Å². The SMILES string of the molecule is CC(C)(C)OC(=O)OC[C@@H]1O[C@@](C#N)(c2ccc3c(N)ncnn23)[C@@H](C(C)(C)C(=O)O)[C@@H]1C(C)(C)C(=O)O. The van der Waals surface area contributed by atoms with Crippen molar-refractivity contribution in [2.45, 2.75) is 65.8 Å². The van der Waals surface area contributed by atoms with E-state index in [1.54, 1.807) is 26.8 Å². The highest BCUT2D eigenvalue weighted by Crippen LogP contribution is 2.59. The molecule has 0 amide bonds. The van der Waals surface area contributed by atoms with E-state index in [4.69, 9.17) is 19.9 Å². The standard InChI is InChI=1S/C25H33N5O8/c1-22(2,3)38-21(35)36-10-14-16(23(4,5)19(31)32)17(24(6,7)20(33)34)25(11-26,37-14)15-9-8-13-18(27)28-12-29-30(13)15/h8-9,12,14,16-17H,10H2,1-7H3,(H,31,32)(H,33,34)(H2,27,28,29)/t14-,16+,17+,25-/m0/s1. The number of carboxylic acids is 2. The smallest absolute Gasteiger partial charge is 0.481 e. The first-order valence-corrected chi connectivity index (χ1v) is 11.9. The van der Waals surface area contributed by atoms with Crippen molar-refractivity contribution in [3.63, 3.8) is 0 Å². The van der Waals surface area contributed by atoms with E-state index in [-0.39, 0.29) is 11.5 Å². The molecular formula is C25H33N5O8. The number of hydrogen-bond acceptors (Lipinski definition) is 10. The maximum Gasteiger partial charge on any atom is 0.508 e. The monoisotopic (exact) mass is 531 g/mol. The zero-order valence-electron chi connectivity index (χ0n) is 22.4. The van der Waals surface area contributed by atoms with Crippen molar-refractivity contribution in [2.75, 3.05) is 12.3 Å². The number of aromatic nitrogens is 3. The maximum absolute atomic E-state index is 12.6. The molecule has 38 heavy (non-hydrogen) atoms. The molecule has 0 radical (unpaired) electrons. The van der Waals surface area contributed by atoms with Crippen molar-refractivity contribution < 1.29 is 38.8 Å². The number of nitrogen functional groups attached to an aromatic ring is 1. The van der Waals surface area contributed by atoms with E-state index in [2.05, 4.69) is 16.2 Å². The molecule has 1 aliphatic rings. The lowest BCUT2D eigenvalue weighted by atomic mass is 9.57. The minimum Gasteiger partial charge on any atom is -0.481 e. The van der Waals surface area contributed by atoms with Crippen LogP contribution in [0.1, 0.15) is 54.2 Å². The minimum absolute atomic E-state index is 0.110. The molecule has 3 heterocycles. The van der Waals surface area contributed by atoms with Crippen LogP contribution in [0.15, 0.2) is 18.5 Å². The average molecular weight is 532 g/mol. The van der Waals surface area contributed by atoms with E-state index in [0.29, 0.717) is 5.52 Å². The fraction of sp³-hybridized carbons (Fsp3) is 0.600. The summed E-state index contributed by atoms with van der Waals surface area (Å²) in [5.41, 5.74) is 0.238. The van der Waals surface area contributed by atoms with Gasteiger partial charge < -0.3 is 30.2 Å². The second-order valence-corrected chi connectivity index (χ2v) is 11.5. The predicted molar refractivity (Wildman–Crippen MR) is 132 cm³/mol. The van der Waals surface area contributed by atoms with Crippen molar-refractivity contribution in [1.82, 2.24) is 14.6 Å². The zero-order valence-corrected chi connectivity index (χ0v) is 22.4. The Balaban J connectivity index is 2.27. The molecule has 4 N–H and O–H groups in total. The van der Waals surface area contributed by atoms with E-state index in [1.165, 1.54) is 44.6 Å². The van der Waals surface area contributed by atoms with Crippen molar-refractivity contribution in [1.29, 1.82) is 5.26 Å². The molecular weight excluding hydrogens is 498 g/mol. The highest BCUT2D eigenvalue weighted by Gasteiger charge is 2.68. The fourth-order valence-electron chi connectivity index (χ4n) is 5.14. The number of carbonyl (C=O) groups is 3. The van der Waals surface area contributed by atoms with Crippen molar-refractivity contribution >= 4 is 29.4 Å². The quantitative estimate of drug-likeness (QED) is 0.442. The van der Waals surface area contributed by atoms with Crippen LogP contribution in [-0.2, 0) is 29.4 Å². The van der Waals surface area contributed by atoms with Gasteiger partial charge in [0.05, 0.1) is 22.6 Å². The Kier molecular flexibility index (Phi) is 7.11. The van der Waals surface area contributed by atoms with Crippen molar-refractivity contribution in [3.8, 4) is 6.07 Å². The third kappa shape index (κ3) is 4.71. The molecule has 1 aliphatic heterocycles. The number of hydrogen-bond donors (Lipinski definition) is 3. The molecule has 0 aliphatic carbocycles. The van der Waals surface area contributed by atoms with Crippen LogP contribution >= 0.6 is 0 Å². The van der Waals surface area contributed by atoms with Crippen LogP contribution in [0.5, 0.6) is 0 Å². The van der Waals surface area contributed by atoms with Gasteiger partial charge in [-0.2, -0.15) is 10.4 Å². The van der Waals surface area contributed by atoms with E-state index >= 15 is 0 Å². The molecule has 0 aromatic carbocycles. The molecule has 0 unspecified atom stereocenters. The van der Waals surface area contributed by atoms with E-state index in [9.17, 15) is 29.9 Å². The number of ether oxygens (including phenoxy) is 3. The van der Waals surface area contributed by atoms with Crippen LogP contribution in [0.3, 0.4) is 0 Å². The van der Waals surface area contributed by atoms with Crippen LogP contribution in [0, 0.1) is 34.0 Å². The maximum atomic E-state index is 12.6. The summed E-state index contributed by atoms with van der Waals surface area (Å²) >= 11 is 0. The average Bonchev–Trinajstić information content (AvgIpc) is 3.37. The Morgan fingerprint density at radius 3 is 2.26 bits per heavy atom. The number of fused-ring (bicyclic) bond motifs is 1. The van der Waals surface area contributed by atoms with Crippen LogP contribution in [-0.4, -0.2) is 61.2 Å². The lowest BCUT2D eigenvalue weighted by molar-refractivity contribution is -0.161. The second kappa shape index (κ2) is 9.43. The summed E-state index contributed by atoms with van der Waals surface area (Å²) in [6.45, 7) is 10.1. The topological polar surface area (TPSA) is 199 Å². The Labute approximate surface area is 219 Å². The first kappa shape index (κ1) is 28.6. The molecule has 2 aromatic heterocycles. The van der Waals surface area contributed by atoms with E-state index in [0.717, 1.165) is 0 Å². The van der Waals surface area contributed by atoms with Gasteiger partial charge in [-0.15, -0.1) is 0 Å². The molecule has 3 rings (SSSR count). The van der Waals surface area contributed by atoms with Gasteiger partial charge in [-0.25, -0.2) is 14.3 Å². The number of nitrogens with zero attached hydrogens (tertiary/aromatic N) is 4. The summed E-state index contributed by atoms with van der Waals surface area (Å²) in [6, 6.07) is 5.19. The first-order valence-electron chi connectivity index (χ1n) is 11.9. The summed E-state index contributed by atoms with van der Waals surface area (Å²) in [6.07, 6.45) is -1.06. The normalized spacial score (nSPS) is 24.1. The third-order valence-corrected chi connectivity index (χ3v) is 7.03. The number of anilines is 1. The van der Waals surface area contributed by atoms with E-state index < -0.39 is 64.7 Å². The van der Waals surface area contributed by atoms with Gasteiger partial charge in [-0.3, -0.25) is 9.59 Å². The number of nitrogens with two attached hydrogens (primary N) is 1. The molecule has 0 bridgehead atoms. The van der Waals surface area contributed by atoms with Gasteiger partial charge in [0.1, 0.15) is 30.1 Å². The summed E-state index contributed by atoms with van der Waals surface area (Å²) < 4.78 is 18.1. The Morgan fingerprint density at radius 2 is 1.74 bits per heavy atom. The molecule has 206 valence electrons. The largest absolute Gasteiger partial charge is 0.508 e. The minimum atomic E-state index is -2.03. The van der Waals surface area contributed by atoms with Gasteiger partial charge in [0.25, 0.3) is 0 Å². The summed E-state index contributed by atoms with van der Waals surface area (Å²) in [5, 5.41) is 35.3. The van der Waals surface area contributed by atoms with Crippen LogP contribution in [0.2, 0.25) is 0 Å². The highest BCUT2D eigenvalue weighted by atomic mass is 16.7. The Bertz CT molecular complexity index is 1310. The molecule has 0 spiro atoms. The molecule has 13 heteroatoms. The predicted octanol–water partition coefficient (Wildman–Crippen LogP) is 2.83. The summed E-state index contributed by atoms with van der Waals surface area (Å²) in [5.74, 6) is -4.80. The van der Waals surface area contributed by atoms with Crippen molar-refractivity contribution in [3.05, 3.63) is 24.2 Å². The van der Waals surface area contributed by atoms with Gasteiger partial charge >= 0.3 is 18.1 Å². The van der Waals surface area contributed by atoms with Gasteiger partial charge in [-0.1, -0.05) is 0 Å². The van der Waals surface area contributed by atoms with Crippen LogP contribution in [0.25, 0.3) is 5.52 Å². The first-order chi connectivity index (χ1) is 17.4. The molecule has 1 fully saturated rings. The lowest BCUT2D eigenvalue weighted by Gasteiger charge is -2.42. The number of carboxylic acid groups (broad SMARTS) is 2. The molecule has 2 aromatic rings. The number of nitriles is 1. The van der Waals surface area contributed by atoms with Crippen LogP contribution < -0.4 is 5.73 Å². The van der Waals surface area contributed by atoms with Gasteiger partial charge in [-0.05, 0) is 60.6 Å². The summed E-state index contributed by atoms with van der Waals surface area (Å²) in [4.78, 5) is 41.4. The van der Waals surface area contributed by atoms with E-state index in [1.807, 2.05) is 0 Å². The lowest BCUT2D eigenvalue weighted by Crippen LogP contribution is -2.52. The van der Waals surface area contributed by atoms with Crippen LogP contribution in [0.4, 0.5) is 10.6 Å².